The Morgan fingerprint density at radius 2 is 2.42 bits per heavy atom. The first kappa shape index (κ1) is 12.3. The van der Waals surface area contributed by atoms with Crippen molar-refractivity contribution in [3.8, 4) is 11.5 Å². The summed E-state index contributed by atoms with van der Waals surface area (Å²) in [5, 5.41) is 11.8. The van der Waals surface area contributed by atoms with Gasteiger partial charge in [0.2, 0.25) is 11.7 Å². The predicted octanol–water partition coefficient (Wildman–Crippen LogP) is 1.50. The number of rotatable bonds is 3. The molecule has 1 fully saturated rings. The van der Waals surface area contributed by atoms with Crippen LogP contribution in [0.4, 0.5) is 0 Å². The molecule has 3 rings (SSSR count). The molecule has 6 heteroatoms. The van der Waals surface area contributed by atoms with Gasteiger partial charge in [-0.15, -0.1) is 0 Å². The van der Waals surface area contributed by atoms with Crippen molar-refractivity contribution in [3.63, 3.8) is 0 Å². The van der Waals surface area contributed by atoms with Crippen LogP contribution in [0.5, 0.6) is 0 Å². The van der Waals surface area contributed by atoms with Gasteiger partial charge in [-0.25, -0.2) is 0 Å². The van der Waals surface area contributed by atoms with Gasteiger partial charge in [0.25, 0.3) is 0 Å². The van der Waals surface area contributed by atoms with Gasteiger partial charge in [-0.3, -0.25) is 4.68 Å². The van der Waals surface area contributed by atoms with Crippen molar-refractivity contribution in [1.82, 2.24) is 25.2 Å². The number of aryl methyl sites for hydroxylation is 1. The maximum atomic E-state index is 5.51. The summed E-state index contributed by atoms with van der Waals surface area (Å²) in [5.41, 5.74) is 0.741. The van der Waals surface area contributed by atoms with Crippen LogP contribution in [0.1, 0.15) is 32.1 Å². The van der Waals surface area contributed by atoms with E-state index in [1.54, 1.807) is 4.68 Å². The largest absolute Gasteiger partial charge is 0.338 e. The van der Waals surface area contributed by atoms with E-state index in [2.05, 4.69) is 27.5 Å². The van der Waals surface area contributed by atoms with Gasteiger partial charge in [0, 0.05) is 19.8 Å². The van der Waals surface area contributed by atoms with Gasteiger partial charge in [-0.05, 0) is 31.9 Å². The molecule has 1 atom stereocenters. The van der Waals surface area contributed by atoms with Crippen LogP contribution in [-0.4, -0.2) is 33.0 Å². The summed E-state index contributed by atoms with van der Waals surface area (Å²) in [7, 11) is 1.88. The SMILES string of the molecule is CCC1(c2nc(-c3ccn(C)n3)no2)CCCNC1. The minimum absolute atomic E-state index is 0.0156. The first-order chi connectivity index (χ1) is 9.23. The number of piperidine rings is 1. The number of aromatic nitrogens is 4. The molecule has 0 saturated carbocycles. The Kier molecular flexibility index (Phi) is 3.10. The minimum Gasteiger partial charge on any atom is -0.338 e. The van der Waals surface area contributed by atoms with Crippen LogP contribution in [0.15, 0.2) is 16.8 Å². The highest BCUT2D eigenvalue weighted by molar-refractivity contribution is 5.47. The van der Waals surface area contributed by atoms with Crippen molar-refractivity contribution in [1.29, 1.82) is 0 Å². The molecule has 6 nitrogen and oxygen atoms in total. The third-order valence-corrected chi connectivity index (χ3v) is 3.97. The fourth-order valence-corrected chi connectivity index (χ4v) is 2.68. The molecule has 1 unspecified atom stereocenters. The topological polar surface area (TPSA) is 68.8 Å². The molecule has 3 heterocycles. The van der Waals surface area contributed by atoms with E-state index in [0.29, 0.717) is 5.82 Å². The van der Waals surface area contributed by atoms with Crippen LogP contribution in [0.3, 0.4) is 0 Å². The van der Waals surface area contributed by atoms with E-state index >= 15 is 0 Å². The van der Waals surface area contributed by atoms with E-state index in [-0.39, 0.29) is 5.41 Å². The lowest BCUT2D eigenvalue weighted by Gasteiger charge is -2.33. The van der Waals surface area contributed by atoms with Gasteiger partial charge < -0.3 is 9.84 Å². The highest BCUT2D eigenvalue weighted by Crippen LogP contribution is 2.34. The van der Waals surface area contributed by atoms with Gasteiger partial charge in [0.15, 0.2) is 0 Å². The quantitative estimate of drug-likeness (QED) is 0.906. The van der Waals surface area contributed by atoms with E-state index in [9.17, 15) is 0 Å². The van der Waals surface area contributed by atoms with Crippen molar-refractivity contribution in [2.75, 3.05) is 13.1 Å². The molecule has 0 aliphatic carbocycles. The van der Waals surface area contributed by atoms with Gasteiger partial charge in [-0.2, -0.15) is 10.1 Å². The first-order valence-electron chi connectivity index (χ1n) is 6.78. The fraction of sp³-hybridized carbons (Fsp3) is 0.615. The highest BCUT2D eigenvalue weighted by atomic mass is 16.5. The number of nitrogens with zero attached hydrogens (tertiary/aromatic N) is 4. The van der Waals surface area contributed by atoms with Gasteiger partial charge >= 0.3 is 0 Å². The number of hydrogen-bond acceptors (Lipinski definition) is 5. The Balaban J connectivity index is 1.91. The molecule has 1 aliphatic rings. The molecule has 1 N–H and O–H groups in total. The Labute approximate surface area is 112 Å². The Hall–Kier alpha value is -1.69. The molecule has 1 saturated heterocycles. The summed E-state index contributed by atoms with van der Waals surface area (Å²) in [6, 6.07) is 1.90. The third-order valence-electron chi connectivity index (χ3n) is 3.97. The Bertz CT molecular complexity index is 553. The zero-order chi connectivity index (χ0) is 13.3. The fourth-order valence-electron chi connectivity index (χ4n) is 2.68. The van der Waals surface area contributed by atoms with Crippen LogP contribution in [0, 0.1) is 0 Å². The van der Waals surface area contributed by atoms with E-state index in [1.165, 1.54) is 0 Å². The lowest BCUT2D eigenvalue weighted by molar-refractivity contribution is 0.221. The summed E-state index contributed by atoms with van der Waals surface area (Å²) >= 11 is 0. The van der Waals surface area contributed by atoms with Crippen molar-refractivity contribution >= 4 is 0 Å². The van der Waals surface area contributed by atoms with Crippen LogP contribution in [0.25, 0.3) is 11.5 Å². The lowest BCUT2D eigenvalue weighted by Crippen LogP contribution is -2.43. The maximum Gasteiger partial charge on any atom is 0.234 e. The van der Waals surface area contributed by atoms with Crippen LogP contribution < -0.4 is 5.32 Å². The van der Waals surface area contributed by atoms with Gasteiger partial charge in [-0.1, -0.05) is 12.1 Å². The standard InChI is InChI=1S/C13H19N5O/c1-3-13(6-4-7-14-9-13)12-15-11(17-19-12)10-5-8-18(2)16-10/h5,8,14H,3-4,6-7,9H2,1-2H3. The summed E-state index contributed by atoms with van der Waals surface area (Å²) < 4.78 is 7.25. The van der Waals surface area contributed by atoms with Gasteiger partial charge in [0.05, 0.1) is 5.41 Å². The van der Waals surface area contributed by atoms with Crippen molar-refractivity contribution in [2.24, 2.45) is 7.05 Å². The van der Waals surface area contributed by atoms with E-state index < -0.39 is 0 Å². The molecule has 0 spiro atoms. The van der Waals surface area contributed by atoms with E-state index in [4.69, 9.17) is 4.52 Å². The third kappa shape index (κ3) is 2.16. The lowest BCUT2D eigenvalue weighted by atomic mass is 9.78. The van der Waals surface area contributed by atoms with E-state index in [0.717, 1.165) is 43.9 Å². The zero-order valence-electron chi connectivity index (χ0n) is 11.4. The first-order valence-corrected chi connectivity index (χ1v) is 6.78. The molecule has 2 aromatic rings. The second-order valence-corrected chi connectivity index (χ2v) is 5.21. The van der Waals surface area contributed by atoms with Crippen LogP contribution in [-0.2, 0) is 12.5 Å². The molecule has 0 aromatic carbocycles. The highest BCUT2D eigenvalue weighted by Gasteiger charge is 2.37. The zero-order valence-corrected chi connectivity index (χ0v) is 11.4. The molecular weight excluding hydrogens is 242 g/mol. The van der Waals surface area contributed by atoms with Crippen molar-refractivity contribution < 1.29 is 4.52 Å². The predicted molar refractivity (Wildman–Crippen MR) is 70.6 cm³/mol. The van der Waals surface area contributed by atoms with Crippen molar-refractivity contribution in [2.45, 2.75) is 31.6 Å². The maximum absolute atomic E-state index is 5.51. The minimum atomic E-state index is -0.0156. The molecule has 0 amide bonds. The van der Waals surface area contributed by atoms with Gasteiger partial charge in [0.1, 0.15) is 5.69 Å². The summed E-state index contributed by atoms with van der Waals surface area (Å²) in [6.45, 7) is 4.16. The molecule has 102 valence electrons. The Morgan fingerprint density at radius 3 is 3.05 bits per heavy atom. The molecule has 0 radical (unpaired) electrons. The second-order valence-electron chi connectivity index (χ2n) is 5.21. The molecular formula is C13H19N5O. The average Bonchev–Trinajstić information content (AvgIpc) is 3.08. The average molecular weight is 261 g/mol. The normalized spacial score (nSPS) is 23.7. The molecule has 1 aliphatic heterocycles. The molecule has 19 heavy (non-hydrogen) atoms. The smallest absolute Gasteiger partial charge is 0.234 e. The number of nitrogens with one attached hydrogen (secondary N) is 1. The number of hydrogen-bond donors (Lipinski definition) is 1. The molecule has 0 bridgehead atoms. The molecule has 2 aromatic heterocycles. The second kappa shape index (κ2) is 4.77. The monoisotopic (exact) mass is 261 g/mol. The van der Waals surface area contributed by atoms with Crippen molar-refractivity contribution in [3.05, 3.63) is 18.2 Å². The summed E-state index contributed by atoms with van der Waals surface area (Å²) in [6.07, 6.45) is 5.13. The van der Waals surface area contributed by atoms with Crippen LogP contribution in [0.2, 0.25) is 0 Å². The van der Waals surface area contributed by atoms with Crippen LogP contribution >= 0.6 is 0 Å². The summed E-state index contributed by atoms with van der Waals surface area (Å²) in [4.78, 5) is 4.57. The Morgan fingerprint density at radius 1 is 1.53 bits per heavy atom. The van der Waals surface area contributed by atoms with E-state index in [1.807, 2.05) is 19.3 Å². The summed E-state index contributed by atoms with van der Waals surface area (Å²) in [5.74, 6) is 1.32.